The Kier molecular flexibility index (Phi) is 5.78. The number of anilines is 1. The van der Waals surface area contributed by atoms with Crippen LogP contribution in [0.25, 0.3) is 11.6 Å². The van der Waals surface area contributed by atoms with Gasteiger partial charge in [0, 0.05) is 27.5 Å². The largest absolute Gasteiger partial charge is 0.353 e. The quantitative estimate of drug-likeness (QED) is 0.274. The summed E-state index contributed by atoms with van der Waals surface area (Å²) in [5, 5.41) is 17.6. The van der Waals surface area contributed by atoms with E-state index in [1.807, 2.05) is 19.1 Å². The number of hydrogen-bond acceptors (Lipinski definition) is 4. The van der Waals surface area contributed by atoms with Crippen LogP contribution >= 0.6 is 11.6 Å². The third kappa shape index (κ3) is 4.25. The molecule has 1 aliphatic rings. The molecule has 0 fully saturated rings. The monoisotopic (exact) mass is 464 g/mol. The normalized spacial score (nSPS) is 14.7. The van der Waals surface area contributed by atoms with Gasteiger partial charge in [-0.15, -0.1) is 0 Å². The van der Waals surface area contributed by atoms with Crippen LogP contribution < -0.4 is 10.6 Å². The van der Waals surface area contributed by atoms with Crippen LogP contribution in [0, 0.1) is 24.0 Å². The Morgan fingerprint density at radius 3 is 2.52 bits per heavy atom. The molecule has 168 valence electrons. The van der Waals surface area contributed by atoms with E-state index >= 15 is 0 Å². The number of rotatable bonds is 5. The summed E-state index contributed by atoms with van der Waals surface area (Å²) < 4.78 is 0. The lowest BCUT2D eigenvalue weighted by molar-refractivity contribution is -0.385. The molecule has 1 aromatic heterocycles. The van der Waals surface area contributed by atoms with Crippen molar-refractivity contribution in [3.05, 3.63) is 91.2 Å². The molecule has 0 saturated carbocycles. The van der Waals surface area contributed by atoms with Gasteiger partial charge in [0.15, 0.2) is 0 Å². The van der Waals surface area contributed by atoms with E-state index in [4.69, 9.17) is 11.6 Å². The van der Waals surface area contributed by atoms with Crippen molar-refractivity contribution >= 4 is 46.4 Å². The van der Waals surface area contributed by atoms with Gasteiger partial charge in [-0.1, -0.05) is 23.7 Å². The van der Waals surface area contributed by atoms with Crippen molar-refractivity contribution in [2.24, 2.45) is 0 Å². The van der Waals surface area contributed by atoms with Crippen LogP contribution in [0.5, 0.6) is 0 Å². The van der Waals surface area contributed by atoms with E-state index in [1.54, 1.807) is 50.3 Å². The molecule has 1 unspecified atom stereocenters. The highest BCUT2D eigenvalue weighted by Crippen LogP contribution is 2.36. The van der Waals surface area contributed by atoms with Gasteiger partial charge in [0.2, 0.25) is 0 Å². The van der Waals surface area contributed by atoms with Crippen molar-refractivity contribution in [2.75, 3.05) is 5.32 Å². The van der Waals surface area contributed by atoms with E-state index < -0.39 is 4.92 Å². The van der Waals surface area contributed by atoms with Crippen LogP contribution in [-0.2, 0) is 4.79 Å². The molecule has 3 aromatic rings. The number of halogens is 1. The Bertz CT molecular complexity index is 1320. The molecule has 9 heteroatoms. The highest BCUT2D eigenvalue weighted by atomic mass is 35.5. The number of nitrogens with one attached hydrogen (secondary N) is 3. The lowest BCUT2D eigenvalue weighted by atomic mass is 10.0. The molecule has 0 spiro atoms. The second kappa shape index (κ2) is 8.55. The molecule has 0 aliphatic carbocycles. The lowest BCUT2D eigenvalue weighted by Gasteiger charge is -2.15. The minimum Gasteiger partial charge on any atom is -0.353 e. The molecule has 0 bridgehead atoms. The van der Waals surface area contributed by atoms with Crippen molar-refractivity contribution in [1.29, 1.82) is 0 Å². The fraction of sp³-hybridized carbons (Fsp3) is 0.167. The number of H-pyrrole nitrogens is 1. The first-order chi connectivity index (χ1) is 15.7. The third-order valence-corrected chi connectivity index (χ3v) is 5.94. The van der Waals surface area contributed by atoms with Gasteiger partial charge in [-0.25, -0.2) is 0 Å². The van der Waals surface area contributed by atoms with Crippen LogP contribution in [0.2, 0.25) is 5.02 Å². The minimum atomic E-state index is -0.448. The number of carbonyl (C=O) groups is 2. The fourth-order valence-electron chi connectivity index (χ4n) is 3.91. The standard InChI is InChI=1S/C24H21ClN4O4/c1-12-21(26-14(3)22(12)29(32)33)11-19-18-10-16(6-9-20(18)28-24(19)31)23(30)27-13(2)15-4-7-17(25)8-5-15/h4-11,13,26H,1-3H3,(H,27,30)(H,28,31). The van der Waals surface area contributed by atoms with E-state index in [-0.39, 0.29) is 23.5 Å². The van der Waals surface area contributed by atoms with Crippen molar-refractivity contribution in [3.8, 4) is 0 Å². The van der Waals surface area contributed by atoms with Gasteiger partial charge in [0.05, 0.1) is 27.8 Å². The molecular weight excluding hydrogens is 444 g/mol. The zero-order chi connectivity index (χ0) is 23.9. The Morgan fingerprint density at radius 1 is 1.18 bits per heavy atom. The average molecular weight is 465 g/mol. The molecule has 0 saturated heterocycles. The summed E-state index contributed by atoms with van der Waals surface area (Å²) in [6.07, 6.45) is 1.58. The van der Waals surface area contributed by atoms with Gasteiger partial charge in [0.25, 0.3) is 17.5 Å². The number of fused-ring (bicyclic) bond motifs is 1. The molecule has 4 rings (SSSR count). The number of amides is 2. The molecule has 2 aromatic carbocycles. The summed E-state index contributed by atoms with van der Waals surface area (Å²) in [6.45, 7) is 5.11. The highest BCUT2D eigenvalue weighted by molar-refractivity contribution is 6.35. The third-order valence-electron chi connectivity index (χ3n) is 5.69. The minimum absolute atomic E-state index is 0.00945. The maximum absolute atomic E-state index is 12.9. The number of benzene rings is 2. The molecule has 8 nitrogen and oxygen atoms in total. The Morgan fingerprint density at radius 2 is 1.88 bits per heavy atom. The van der Waals surface area contributed by atoms with Crippen molar-refractivity contribution < 1.29 is 14.5 Å². The van der Waals surface area contributed by atoms with Crippen LogP contribution in [0.15, 0.2) is 42.5 Å². The maximum atomic E-state index is 12.9. The number of carbonyl (C=O) groups excluding carboxylic acids is 2. The van der Waals surface area contributed by atoms with E-state index in [0.717, 1.165) is 5.56 Å². The van der Waals surface area contributed by atoms with E-state index in [2.05, 4.69) is 15.6 Å². The van der Waals surface area contributed by atoms with Crippen LogP contribution in [0.4, 0.5) is 11.4 Å². The zero-order valence-electron chi connectivity index (χ0n) is 18.2. The zero-order valence-corrected chi connectivity index (χ0v) is 18.9. The Balaban J connectivity index is 1.64. The average Bonchev–Trinajstić information content (AvgIpc) is 3.23. The maximum Gasteiger partial charge on any atom is 0.293 e. The second-order valence-corrected chi connectivity index (χ2v) is 8.35. The number of hydrogen-bond donors (Lipinski definition) is 3. The Hall–Kier alpha value is -3.91. The predicted molar refractivity (Wildman–Crippen MR) is 127 cm³/mol. The number of aryl methyl sites for hydroxylation is 1. The lowest BCUT2D eigenvalue weighted by Crippen LogP contribution is -2.26. The molecule has 0 radical (unpaired) electrons. The summed E-state index contributed by atoms with van der Waals surface area (Å²) in [6, 6.07) is 11.9. The highest BCUT2D eigenvalue weighted by Gasteiger charge is 2.27. The number of aromatic amines is 1. The van der Waals surface area contributed by atoms with Gasteiger partial charge in [-0.3, -0.25) is 19.7 Å². The first-order valence-electron chi connectivity index (χ1n) is 10.2. The van der Waals surface area contributed by atoms with Gasteiger partial charge in [-0.2, -0.15) is 0 Å². The molecule has 2 heterocycles. The SMILES string of the molecule is Cc1[nH]c(C=C2C(=O)Nc3ccc(C(=O)NC(C)c4ccc(Cl)cc4)cc32)c(C)c1[N+](=O)[O-]. The first-order valence-corrected chi connectivity index (χ1v) is 10.6. The van der Waals surface area contributed by atoms with E-state index in [0.29, 0.717) is 44.4 Å². The molecule has 1 atom stereocenters. The summed E-state index contributed by atoms with van der Waals surface area (Å²) >= 11 is 5.93. The summed E-state index contributed by atoms with van der Waals surface area (Å²) in [5.74, 6) is -0.632. The topological polar surface area (TPSA) is 117 Å². The van der Waals surface area contributed by atoms with Crippen LogP contribution in [0.3, 0.4) is 0 Å². The number of nitrogens with zero attached hydrogens (tertiary/aromatic N) is 1. The number of aromatic nitrogens is 1. The molecule has 1 aliphatic heterocycles. The van der Waals surface area contributed by atoms with E-state index in [9.17, 15) is 19.7 Å². The van der Waals surface area contributed by atoms with Gasteiger partial charge >= 0.3 is 0 Å². The molecule has 33 heavy (non-hydrogen) atoms. The summed E-state index contributed by atoms with van der Waals surface area (Å²) in [7, 11) is 0. The smallest absolute Gasteiger partial charge is 0.293 e. The van der Waals surface area contributed by atoms with Gasteiger partial charge in [-0.05, 0) is 62.7 Å². The fourth-order valence-corrected chi connectivity index (χ4v) is 4.04. The van der Waals surface area contributed by atoms with Crippen molar-refractivity contribution in [3.63, 3.8) is 0 Å². The van der Waals surface area contributed by atoms with Crippen LogP contribution in [0.1, 0.15) is 51.4 Å². The van der Waals surface area contributed by atoms with Gasteiger partial charge < -0.3 is 15.6 Å². The molecule has 3 N–H and O–H groups in total. The van der Waals surface area contributed by atoms with Crippen molar-refractivity contribution in [2.45, 2.75) is 26.8 Å². The first kappa shape index (κ1) is 22.3. The molecular formula is C24H21ClN4O4. The Labute approximate surface area is 194 Å². The van der Waals surface area contributed by atoms with Crippen LogP contribution in [-0.4, -0.2) is 21.7 Å². The predicted octanol–water partition coefficient (Wildman–Crippen LogP) is 5.18. The van der Waals surface area contributed by atoms with Gasteiger partial charge in [0.1, 0.15) is 0 Å². The molecule has 2 amide bonds. The van der Waals surface area contributed by atoms with Crippen molar-refractivity contribution in [1.82, 2.24) is 10.3 Å². The summed E-state index contributed by atoms with van der Waals surface area (Å²) in [4.78, 5) is 39.3. The van der Waals surface area contributed by atoms with E-state index in [1.165, 1.54) is 0 Å². The summed E-state index contributed by atoms with van der Waals surface area (Å²) in [5.41, 5.74) is 4.07. The number of nitro groups is 1. The second-order valence-electron chi connectivity index (χ2n) is 7.91.